The lowest BCUT2D eigenvalue weighted by atomic mass is 10.00. The minimum Gasteiger partial charge on any atom is -0.759 e. The second kappa shape index (κ2) is 11.9. The zero-order valence-corrected chi connectivity index (χ0v) is 22.4. The molecule has 198 valence electrons. The Morgan fingerprint density at radius 1 is 0.974 bits per heavy atom. The summed E-state index contributed by atoms with van der Waals surface area (Å²) in [6.07, 6.45) is 0. The van der Waals surface area contributed by atoms with E-state index in [0.717, 1.165) is 32.0 Å². The molecule has 0 aliphatic carbocycles. The van der Waals surface area contributed by atoms with E-state index in [2.05, 4.69) is 16.7 Å². The summed E-state index contributed by atoms with van der Waals surface area (Å²) in [5.74, 6) is 4.85. The Kier molecular flexibility index (Phi) is 8.59. The quantitative estimate of drug-likeness (QED) is 0.281. The predicted molar refractivity (Wildman–Crippen MR) is 147 cm³/mol. The number of carbonyl (C=O) groups excluding carboxylic acids is 1. The fraction of sp³-hybridized carbons (Fsp3) is 0.310. The molecule has 1 heterocycles. The van der Waals surface area contributed by atoms with Gasteiger partial charge in [-0.1, -0.05) is 50.0 Å². The van der Waals surface area contributed by atoms with Crippen molar-refractivity contribution >= 4 is 39.5 Å². The van der Waals surface area contributed by atoms with Crippen LogP contribution in [0.5, 0.6) is 0 Å². The third kappa shape index (κ3) is 6.11. The number of benzene rings is 3. The predicted octanol–water partition coefficient (Wildman–Crippen LogP) is 3.68. The molecule has 1 N–H and O–H groups in total. The van der Waals surface area contributed by atoms with E-state index < -0.39 is 23.3 Å². The number of piperazine rings is 1. The van der Waals surface area contributed by atoms with Gasteiger partial charge < -0.3 is 14.6 Å². The molecule has 0 spiro atoms. The lowest BCUT2D eigenvalue weighted by molar-refractivity contribution is -0.149. The van der Waals surface area contributed by atoms with Gasteiger partial charge in [-0.15, -0.1) is 0 Å². The van der Waals surface area contributed by atoms with Gasteiger partial charge in [0.2, 0.25) is 0 Å². The number of carboxylic acid groups (broad SMARTS) is 1. The zero-order valence-electron chi connectivity index (χ0n) is 21.6. The molecule has 2 unspecified atom stereocenters. The van der Waals surface area contributed by atoms with E-state index in [1.807, 2.05) is 60.7 Å². The van der Waals surface area contributed by atoms with Crippen LogP contribution < -0.4 is 4.90 Å². The average molecular weight is 533 g/mol. The Bertz CT molecular complexity index is 1420. The normalized spacial score (nSPS) is 15.8. The lowest BCUT2D eigenvalue weighted by Gasteiger charge is -2.45. The summed E-state index contributed by atoms with van der Waals surface area (Å²) < 4.78 is 24.8. The van der Waals surface area contributed by atoms with Crippen LogP contribution >= 0.6 is 0 Å². The number of anilines is 1. The first-order valence-corrected chi connectivity index (χ1v) is 13.5. The summed E-state index contributed by atoms with van der Waals surface area (Å²) in [6.45, 7) is 6.84. The van der Waals surface area contributed by atoms with Crippen LogP contribution in [0.2, 0.25) is 0 Å². The first-order valence-electron chi connectivity index (χ1n) is 12.4. The highest BCUT2D eigenvalue weighted by molar-refractivity contribution is 7.76. The molecule has 9 heteroatoms. The maximum Gasteiger partial charge on any atom is 0.323 e. The van der Waals surface area contributed by atoms with Crippen LogP contribution in [-0.4, -0.2) is 67.3 Å². The maximum atomic E-state index is 12.0. The van der Waals surface area contributed by atoms with E-state index in [9.17, 15) is 23.5 Å². The molecule has 0 amide bonds. The number of ketones is 1. The molecule has 1 aliphatic rings. The molecule has 38 heavy (non-hydrogen) atoms. The highest BCUT2D eigenvalue weighted by atomic mass is 32.2. The number of hydrogen-bond acceptors (Lipinski definition) is 6. The van der Waals surface area contributed by atoms with Gasteiger partial charge >= 0.3 is 5.97 Å². The summed E-state index contributed by atoms with van der Waals surface area (Å²) in [7, 11) is 0. The molecule has 0 radical (unpaired) electrons. The van der Waals surface area contributed by atoms with E-state index >= 15 is 0 Å². The molecule has 0 saturated carbocycles. The van der Waals surface area contributed by atoms with Crippen molar-refractivity contribution in [2.45, 2.75) is 26.8 Å². The van der Waals surface area contributed by atoms with Crippen molar-refractivity contribution in [3.05, 3.63) is 77.4 Å². The van der Waals surface area contributed by atoms with Crippen LogP contribution in [0.15, 0.2) is 60.7 Å². The fourth-order valence-electron chi connectivity index (χ4n) is 4.71. The van der Waals surface area contributed by atoms with Gasteiger partial charge in [-0.25, -0.2) is 5.01 Å². The van der Waals surface area contributed by atoms with Crippen molar-refractivity contribution in [3.8, 4) is 11.8 Å². The number of hydrazine groups is 1. The second-order valence-electron chi connectivity index (χ2n) is 9.58. The van der Waals surface area contributed by atoms with Crippen molar-refractivity contribution in [3.63, 3.8) is 0 Å². The van der Waals surface area contributed by atoms with E-state index in [1.54, 1.807) is 25.8 Å². The molecule has 0 aromatic heterocycles. The van der Waals surface area contributed by atoms with Crippen LogP contribution in [0.1, 0.15) is 42.3 Å². The largest absolute Gasteiger partial charge is 0.759 e. The number of Topliss-reactive ketones (excluding diaryl/α,β-unsaturated/α-hetero) is 1. The number of nitrogens with zero attached hydrogens (tertiary/aromatic N) is 3. The highest BCUT2D eigenvalue weighted by Gasteiger charge is 2.35. The van der Waals surface area contributed by atoms with Crippen LogP contribution in [0.3, 0.4) is 0 Å². The number of rotatable bonds is 7. The minimum atomic E-state index is -2.68. The molecule has 3 aromatic rings. The van der Waals surface area contributed by atoms with Crippen LogP contribution in [-0.2, 0) is 16.1 Å². The summed E-state index contributed by atoms with van der Waals surface area (Å²) in [6, 6.07) is 18.2. The number of carbonyl (C=O) groups is 2. The third-order valence-corrected chi connectivity index (χ3v) is 7.42. The van der Waals surface area contributed by atoms with Crippen molar-refractivity contribution in [2.24, 2.45) is 5.92 Å². The maximum absolute atomic E-state index is 12.0. The minimum absolute atomic E-state index is 0.0211. The Balaban J connectivity index is 1.44. The molecule has 2 atom stereocenters. The van der Waals surface area contributed by atoms with Gasteiger partial charge in [0, 0.05) is 59.8 Å². The molecule has 4 rings (SSSR count). The van der Waals surface area contributed by atoms with Crippen LogP contribution in [0.4, 0.5) is 5.69 Å². The fourth-order valence-corrected chi connectivity index (χ4v) is 5.58. The molecule has 1 saturated heterocycles. The zero-order chi connectivity index (χ0) is 27.4. The van der Waals surface area contributed by atoms with Crippen LogP contribution in [0, 0.1) is 17.8 Å². The Morgan fingerprint density at radius 2 is 1.61 bits per heavy atom. The van der Waals surface area contributed by atoms with E-state index in [-0.39, 0.29) is 11.7 Å². The summed E-state index contributed by atoms with van der Waals surface area (Å²) in [4.78, 5) is 25.8. The van der Waals surface area contributed by atoms with Gasteiger partial charge in [0.15, 0.2) is 5.78 Å². The van der Waals surface area contributed by atoms with Gasteiger partial charge in [-0.2, -0.15) is 4.41 Å². The van der Waals surface area contributed by atoms with Gasteiger partial charge in [-0.3, -0.25) is 13.8 Å². The molecule has 1 fully saturated rings. The summed E-state index contributed by atoms with van der Waals surface area (Å²) >= 11 is -2.68. The summed E-state index contributed by atoms with van der Waals surface area (Å²) in [5, 5.41) is 13.1. The van der Waals surface area contributed by atoms with Crippen LogP contribution in [0.25, 0.3) is 10.8 Å². The van der Waals surface area contributed by atoms with Crippen molar-refractivity contribution in [1.29, 1.82) is 0 Å². The summed E-state index contributed by atoms with van der Waals surface area (Å²) in [5.41, 5.74) is 3.35. The SMILES string of the molecule is CC(=O)c1cccc2ccc(C#Cc3ccc(N4CCN(N(C(C(=O)O)C(C)C)S(=O)[O-])CC4)cc3)cc12. The Hall–Kier alpha value is -3.55. The van der Waals surface area contributed by atoms with Crippen molar-refractivity contribution < 1.29 is 23.5 Å². The standard InChI is InChI=1S/C29H31N3O5S/c1-20(2)28(29(34)35)32(38(36)37)31-17-15-30(16-18-31)25-13-10-22(11-14-25)7-8-23-9-12-24-5-4-6-26(21(3)33)27(24)19-23/h4-6,9-14,19-20,28H,15-18H2,1-3H3,(H,34,35)(H,36,37)/p-1. The van der Waals surface area contributed by atoms with Gasteiger partial charge in [0.05, 0.1) is 0 Å². The molecule has 8 nitrogen and oxygen atoms in total. The Morgan fingerprint density at radius 3 is 2.18 bits per heavy atom. The molecular formula is C29H30N3O5S-. The van der Waals surface area contributed by atoms with Gasteiger partial charge in [0.1, 0.15) is 6.04 Å². The highest BCUT2D eigenvalue weighted by Crippen LogP contribution is 2.23. The number of hydrogen-bond donors (Lipinski definition) is 1. The molecule has 3 aromatic carbocycles. The molecule has 0 bridgehead atoms. The van der Waals surface area contributed by atoms with Crippen molar-refractivity contribution in [1.82, 2.24) is 9.42 Å². The van der Waals surface area contributed by atoms with Gasteiger partial charge in [0.25, 0.3) is 0 Å². The molecule has 1 aliphatic heterocycles. The van der Waals surface area contributed by atoms with E-state index in [0.29, 0.717) is 31.7 Å². The molecular weight excluding hydrogens is 502 g/mol. The smallest absolute Gasteiger partial charge is 0.323 e. The Labute approximate surface area is 225 Å². The average Bonchev–Trinajstić information content (AvgIpc) is 2.89. The second-order valence-corrected chi connectivity index (χ2v) is 10.4. The van der Waals surface area contributed by atoms with Gasteiger partial charge in [-0.05, 0) is 60.0 Å². The number of fused-ring (bicyclic) bond motifs is 1. The number of carboxylic acids is 1. The first kappa shape index (κ1) is 27.5. The monoisotopic (exact) mass is 532 g/mol. The first-order chi connectivity index (χ1) is 18.2. The van der Waals surface area contributed by atoms with E-state index in [1.165, 1.54) is 0 Å². The topological polar surface area (TPSA) is 104 Å². The lowest BCUT2D eigenvalue weighted by Crippen LogP contribution is -2.60. The number of aliphatic carboxylic acids is 1. The van der Waals surface area contributed by atoms with Crippen molar-refractivity contribution in [2.75, 3.05) is 31.1 Å². The third-order valence-electron chi connectivity index (χ3n) is 6.66. The van der Waals surface area contributed by atoms with E-state index in [4.69, 9.17) is 0 Å².